The molecule has 0 amide bonds. The number of hydrogen-bond acceptors (Lipinski definition) is 1. The lowest BCUT2D eigenvalue weighted by Gasteiger charge is -1.91. The fourth-order valence-electron chi connectivity index (χ4n) is 1.27. The third-order valence-electron chi connectivity index (χ3n) is 1.90. The van der Waals surface area contributed by atoms with Crippen molar-refractivity contribution < 1.29 is 0 Å². The van der Waals surface area contributed by atoms with Crippen molar-refractivity contribution in [1.29, 1.82) is 0 Å². The molecule has 2 rings (SSSR count). The van der Waals surface area contributed by atoms with Gasteiger partial charge in [-0.2, -0.15) is 0 Å². The molecule has 0 unspecified atom stereocenters. The van der Waals surface area contributed by atoms with E-state index < -0.39 is 0 Å². The van der Waals surface area contributed by atoms with Gasteiger partial charge in [-0.25, -0.2) is 4.98 Å². The Kier molecular flexibility index (Phi) is 2.71. The van der Waals surface area contributed by atoms with Gasteiger partial charge >= 0.3 is 0 Å². The van der Waals surface area contributed by atoms with Gasteiger partial charge in [0.1, 0.15) is 5.65 Å². The number of aromatic amines is 1. The van der Waals surface area contributed by atoms with Crippen LogP contribution < -0.4 is 0 Å². The van der Waals surface area contributed by atoms with E-state index in [0.29, 0.717) is 5.88 Å². The molecule has 0 saturated carbocycles. The van der Waals surface area contributed by atoms with E-state index in [2.05, 4.69) is 21.8 Å². The molecule has 1 N–H and O–H groups in total. The maximum atomic E-state index is 5.54. The van der Waals surface area contributed by atoms with Gasteiger partial charge in [-0.1, -0.05) is 11.8 Å². The number of fused-ring (bicyclic) bond motifs is 1. The van der Waals surface area contributed by atoms with E-state index >= 15 is 0 Å². The summed E-state index contributed by atoms with van der Waals surface area (Å²) in [4.78, 5) is 7.23. The fraction of sp³-hybridized carbons (Fsp3) is 0.182. The van der Waals surface area contributed by atoms with E-state index in [9.17, 15) is 0 Å². The van der Waals surface area contributed by atoms with Gasteiger partial charge in [-0.05, 0) is 12.1 Å². The summed E-state index contributed by atoms with van der Waals surface area (Å²) in [7, 11) is 0. The lowest BCUT2D eigenvalue weighted by atomic mass is 10.2. The predicted octanol–water partition coefficient (Wildman–Crippen LogP) is 2.54. The van der Waals surface area contributed by atoms with Crippen LogP contribution in [0.15, 0.2) is 24.5 Å². The van der Waals surface area contributed by atoms with Crippen molar-refractivity contribution in [2.24, 2.45) is 0 Å². The molecule has 2 nitrogen and oxygen atoms in total. The van der Waals surface area contributed by atoms with Crippen LogP contribution in [0.5, 0.6) is 0 Å². The van der Waals surface area contributed by atoms with Gasteiger partial charge in [-0.3, -0.25) is 0 Å². The summed E-state index contributed by atoms with van der Waals surface area (Å²) < 4.78 is 0. The van der Waals surface area contributed by atoms with Crippen LogP contribution in [0.3, 0.4) is 0 Å². The molecule has 70 valence electrons. The molecule has 0 bridgehead atoms. The Morgan fingerprint density at radius 2 is 2.36 bits per heavy atom. The Bertz CT molecular complexity index is 490. The Morgan fingerprint density at radius 3 is 3.21 bits per heavy atom. The van der Waals surface area contributed by atoms with Crippen molar-refractivity contribution in [3.8, 4) is 11.8 Å². The molecule has 0 aliphatic rings. The summed E-state index contributed by atoms with van der Waals surface area (Å²) in [6, 6.07) is 3.89. The highest BCUT2D eigenvalue weighted by Crippen LogP contribution is 2.13. The summed E-state index contributed by atoms with van der Waals surface area (Å²) in [5.74, 6) is 6.67. The number of nitrogens with one attached hydrogen (secondary N) is 1. The first kappa shape index (κ1) is 9.11. The van der Waals surface area contributed by atoms with Crippen molar-refractivity contribution in [3.05, 3.63) is 30.1 Å². The lowest BCUT2D eigenvalue weighted by Crippen LogP contribution is -1.80. The third kappa shape index (κ3) is 1.73. The molecule has 2 aromatic heterocycles. The Morgan fingerprint density at radius 1 is 1.43 bits per heavy atom. The van der Waals surface area contributed by atoms with Crippen LogP contribution in [-0.4, -0.2) is 15.8 Å². The molecule has 0 aromatic carbocycles. The van der Waals surface area contributed by atoms with Gasteiger partial charge in [0, 0.05) is 35.6 Å². The van der Waals surface area contributed by atoms with Gasteiger partial charge in [0.05, 0.1) is 0 Å². The van der Waals surface area contributed by atoms with Crippen LogP contribution in [-0.2, 0) is 0 Å². The molecule has 0 atom stereocenters. The Hall–Kier alpha value is -1.46. The van der Waals surface area contributed by atoms with E-state index in [4.69, 9.17) is 11.6 Å². The zero-order chi connectivity index (χ0) is 9.80. The molecule has 0 spiro atoms. The summed E-state index contributed by atoms with van der Waals surface area (Å²) in [6.45, 7) is 0. The number of rotatable bonds is 1. The number of pyridine rings is 1. The zero-order valence-corrected chi connectivity index (χ0v) is 8.30. The molecule has 3 heteroatoms. The smallest absolute Gasteiger partial charge is 0.138 e. The maximum Gasteiger partial charge on any atom is 0.138 e. The third-order valence-corrected chi connectivity index (χ3v) is 2.09. The average Bonchev–Trinajstić information content (AvgIpc) is 2.67. The quantitative estimate of drug-likeness (QED) is 0.561. The number of nitrogens with zero attached hydrogens (tertiary/aromatic N) is 1. The first-order valence-corrected chi connectivity index (χ1v) is 4.92. The topological polar surface area (TPSA) is 28.7 Å². The molecule has 0 aliphatic heterocycles. The lowest BCUT2D eigenvalue weighted by molar-refractivity contribution is 1.29. The summed E-state index contributed by atoms with van der Waals surface area (Å²) in [5.41, 5.74) is 1.88. The first-order valence-electron chi connectivity index (χ1n) is 4.39. The molecule has 0 aliphatic carbocycles. The van der Waals surface area contributed by atoms with Crippen LogP contribution in [0.1, 0.15) is 12.0 Å². The first-order chi connectivity index (χ1) is 6.92. The second kappa shape index (κ2) is 4.17. The maximum absolute atomic E-state index is 5.54. The molecule has 2 heterocycles. The number of hydrogen-bond donors (Lipinski definition) is 1. The van der Waals surface area contributed by atoms with Gasteiger partial charge < -0.3 is 4.98 Å². The minimum absolute atomic E-state index is 0.578. The number of H-pyrrole nitrogens is 1. The van der Waals surface area contributed by atoms with Crippen LogP contribution >= 0.6 is 11.6 Å². The van der Waals surface area contributed by atoms with Crippen LogP contribution in [0.2, 0.25) is 0 Å². The molecular formula is C11H9ClN2. The van der Waals surface area contributed by atoms with Gasteiger partial charge in [0.25, 0.3) is 0 Å². The summed E-state index contributed by atoms with van der Waals surface area (Å²) in [6.07, 6.45) is 4.34. The zero-order valence-electron chi connectivity index (χ0n) is 7.55. The second-order valence-corrected chi connectivity index (χ2v) is 3.22. The molecule has 0 fully saturated rings. The minimum Gasteiger partial charge on any atom is -0.346 e. The number of alkyl halides is 1. The average molecular weight is 205 g/mol. The van der Waals surface area contributed by atoms with Crippen molar-refractivity contribution >= 4 is 22.6 Å². The molecule has 2 aromatic rings. The second-order valence-electron chi connectivity index (χ2n) is 2.84. The highest BCUT2D eigenvalue weighted by molar-refractivity contribution is 6.18. The molecule has 0 saturated heterocycles. The SMILES string of the molecule is ClCCC#Cc1ccnc2[nH]ccc12. The largest absolute Gasteiger partial charge is 0.346 e. The normalized spacial score (nSPS) is 9.79. The Balaban J connectivity index is 2.43. The molecule has 14 heavy (non-hydrogen) atoms. The predicted molar refractivity (Wildman–Crippen MR) is 58.3 cm³/mol. The summed E-state index contributed by atoms with van der Waals surface area (Å²) >= 11 is 5.54. The number of halogens is 1. The molecule has 0 radical (unpaired) electrons. The van der Waals surface area contributed by atoms with Gasteiger partial charge in [0.2, 0.25) is 0 Å². The minimum atomic E-state index is 0.578. The molecular weight excluding hydrogens is 196 g/mol. The van der Waals surface area contributed by atoms with Crippen molar-refractivity contribution in [2.75, 3.05) is 5.88 Å². The van der Waals surface area contributed by atoms with E-state index in [1.54, 1.807) is 6.20 Å². The standard InChI is InChI=1S/C11H9ClN2/c12-6-2-1-3-9-4-7-13-11-10(9)5-8-14-11/h4-5,7-8H,2,6H2,(H,13,14). The van der Waals surface area contributed by atoms with Crippen LogP contribution in [0, 0.1) is 11.8 Å². The van der Waals surface area contributed by atoms with Crippen molar-refractivity contribution in [1.82, 2.24) is 9.97 Å². The van der Waals surface area contributed by atoms with Gasteiger partial charge in [-0.15, -0.1) is 11.6 Å². The monoisotopic (exact) mass is 204 g/mol. The number of aromatic nitrogens is 2. The fourth-order valence-corrected chi connectivity index (χ4v) is 1.37. The Labute approximate surface area is 87.3 Å². The highest BCUT2D eigenvalue weighted by atomic mass is 35.5. The van der Waals surface area contributed by atoms with Gasteiger partial charge in [0.15, 0.2) is 0 Å². The van der Waals surface area contributed by atoms with Crippen LogP contribution in [0.25, 0.3) is 11.0 Å². The van der Waals surface area contributed by atoms with E-state index in [-0.39, 0.29) is 0 Å². The highest BCUT2D eigenvalue weighted by Gasteiger charge is 1.98. The van der Waals surface area contributed by atoms with E-state index in [0.717, 1.165) is 23.0 Å². The summed E-state index contributed by atoms with van der Waals surface area (Å²) in [5, 5.41) is 1.06. The van der Waals surface area contributed by atoms with E-state index in [1.807, 2.05) is 18.3 Å². The van der Waals surface area contributed by atoms with E-state index in [1.165, 1.54) is 0 Å². The van der Waals surface area contributed by atoms with Crippen molar-refractivity contribution in [2.45, 2.75) is 6.42 Å². The van der Waals surface area contributed by atoms with Crippen LogP contribution in [0.4, 0.5) is 0 Å². The van der Waals surface area contributed by atoms with Crippen molar-refractivity contribution in [3.63, 3.8) is 0 Å².